The van der Waals surface area contributed by atoms with Gasteiger partial charge in [0.25, 0.3) is 0 Å². The lowest BCUT2D eigenvalue weighted by Crippen LogP contribution is -1.91. The largest absolute Gasteiger partial charge is 0.206 e. The highest BCUT2D eigenvalue weighted by Crippen LogP contribution is 2.31. The second kappa shape index (κ2) is 7.97. The molecule has 0 saturated heterocycles. The van der Waals surface area contributed by atoms with Crippen molar-refractivity contribution in [2.24, 2.45) is 0 Å². The molecule has 0 aliphatic carbocycles. The van der Waals surface area contributed by atoms with Gasteiger partial charge >= 0.3 is 0 Å². The Hall–Kier alpha value is -1.93. The monoisotopic (exact) mass is 358 g/mol. The van der Waals surface area contributed by atoms with Crippen molar-refractivity contribution in [3.8, 4) is 11.1 Å². The van der Waals surface area contributed by atoms with Gasteiger partial charge < -0.3 is 0 Å². The molecule has 0 saturated carbocycles. The zero-order chi connectivity index (χ0) is 17.8. The van der Waals surface area contributed by atoms with Crippen LogP contribution in [0.1, 0.15) is 38.2 Å². The maximum Gasteiger partial charge on any atom is 0.142 e. The first-order chi connectivity index (χ1) is 12.1. The third kappa shape index (κ3) is 4.01. The third-order valence-corrected chi connectivity index (χ3v) is 4.87. The molecule has 130 valence electrons. The Balaban J connectivity index is 1.90. The number of fused-ring (bicyclic) bond motifs is 1. The number of hydrogen-bond acceptors (Lipinski definition) is 0. The van der Waals surface area contributed by atoms with Crippen molar-refractivity contribution in [1.82, 2.24) is 0 Å². The average molecular weight is 359 g/mol. The van der Waals surface area contributed by atoms with Gasteiger partial charge in [0.05, 0.1) is 5.02 Å². The predicted octanol–water partition coefficient (Wildman–Crippen LogP) is 7.56. The molecule has 0 fully saturated rings. The van der Waals surface area contributed by atoms with Gasteiger partial charge in [-0.15, -0.1) is 0 Å². The van der Waals surface area contributed by atoms with Crippen molar-refractivity contribution >= 4 is 22.4 Å². The molecule has 0 aliphatic rings. The number of hydrogen-bond donors (Lipinski definition) is 0. The summed E-state index contributed by atoms with van der Waals surface area (Å²) >= 11 is 5.71. The van der Waals surface area contributed by atoms with Gasteiger partial charge in [-0.2, -0.15) is 0 Å². The minimum atomic E-state index is -0.541. The topological polar surface area (TPSA) is 0 Å². The highest BCUT2D eigenvalue weighted by molar-refractivity contribution is 6.30. The summed E-state index contributed by atoms with van der Waals surface area (Å²) < 4.78 is 28.6. The molecule has 0 radical (unpaired) electrons. The fourth-order valence-electron chi connectivity index (χ4n) is 3.14. The fraction of sp³-hybridized carbons (Fsp3) is 0.273. The van der Waals surface area contributed by atoms with Gasteiger partial charge in [0.15, 0.2) is 0 Å². The molecule has 0 spiro atoms. The second-order valence-electron chi connectivity index (χ2n) is 6.42. The summed E-state index contributed by atoms with van der Waals surface area (Å²) in [7, 11) is 0. The van der Waals surface area contributed by atoms with Crippen LogP contribution in [0, 0.1) is 11.6 Å². The van der Waals surface area contributed by atoms with Gasteiger partial charge in [-0.25, -0.2) is 8.78 Å². The molecule has 0 bridgehead atoms. The number of aryl methyl sites for hydroxylation is 1. The molecule has 0 aromatic heterocycles. The van der Waals surface area contributed by atoms with E-state index in [9.17, 15) is 8.78 Å². The lowest BCUT2D eigenvalue weighted by Gasteiger charge is -2.09. The molecule has 3 rings (SSSR count). The number of unbranched alkanes of at least 4 members (excludes halogenated alkanes) is 3. The van der Waals surface area contributed by atoms with Crippen molar-refractivity contribution in [3.05, 3.63) is 70.8 Å². The maximum absolute atomic E-state index is 14.9. The zero-order valence-corrected chi connectivity index (χ0v) is 15.0. The molecule has 0 unspecified atom stereocenters. The third-order valence-electron chi connectivity index (χ3n) is 4.57. The SMILES string of the molecule is CCCCCCc1ccc2c(F)c(-c3ccc(Cl)c(F)c3)ccc2c1. The molecular formula is C22H21ClF2. The van der Waals surface area contributed by atoms with Crippen molar-refractivity contribution < 1.29 is 8.78 Å². The summed E-state index contributed by atoms with van der Waals surface area (Å²) in [4.78, 5) is 0. The maximum atomic E-state index is 14.9. The van der Waals surface area contributed by atoms with Gasteiger partial charge in [0.2, 0.25) is 0 Å². The number of benzene rings is 3. The number of halogens is 3. The first kappa shape index (κ1) is 17.9. The van der Waals surface area contributed by atoms with Crippen molar-refractivity contribution in [1.29, 1.82) is 0 Å². The minimum Gasteiger partial charge on any atom is -0.206 e. The molecule has 0 N–H and O–H groups in total. The van der Waals surface area contributed by atoms with Crippen LogP contribution in [0.25, 0.3) is 21.9 Å². The standard InChI is InChI=1S/C22H21ClF2/c1-2-3-4-5-6-15-7-10-18-16(13-15)8-11-19(22(18)25)17-9-12-20(23)21(24)14-17/h7-14H,2-6H2,1H3. The first-order valence-corrected chi connectivity index (χ1v) is 9.14. The van der Waals surface area contributed by atoms with E-state index in [4.69, 9.17) is 11.6 Å². The summed E-state index contributed by atoms with van der Waals surface area (Å²) in [5, 5.41) is 1.48. The van der Waals surface area contributed by atoms with Crippen LogP contribution >= 0.6 is 11.6 Å². The molecular weight excluding hydrogens is 338 g/mol. The van der Waals surface area contributed by atoms with Gasteiger partial charge in [0, 0.05) is 10.9 Å². The van der Waals surface area contributed by atoms with Gasteiger partial charge in [-0.05, 0) is 41.5 Å². The zero-order valence-electron chi connectivity index (χ0n) is 14.3. The van der Waals surface area contributed by atoms with E-state index in [1.165, 1.54) is 37.0 Å². The number of rotatable bonds is 6. The van der Waals surface area contributed by atoms with Gasteiger partial charge in [-0.3, -0.25) is 0 Å². The van der Waals surface area contributed by atoms with E-state index >= 15 is 0 Å². The van der Waals surface area contributed by atoms with E-state index in [-0.39, 0.29) is 10.8 Å². The lowest BCUT2D eigenvalue weighted by molar-refractivity contribution is 0.627. The Morgan fingerprint density at radius 2 is 1.72 bits per heavy atom. The van der Waals surface area contributed by atoms with E-state index in [0.29, 0.717) is 16.5 Å². The summed E-state index contributed by atoms with van der Waals surface area (Å²) in [6.45, 7) is 2.20. The lowest BCUT2D eigenvalue weighted by atomic mass is 9.97. The Bertz CT molecular complexity index is 887. The summed E-state index contributed by atoms with van der Waals surface area (Å²) in [5.41, 5.74) is 2.11. The van der Waals surface area contributed by atoms with Crippen LogP contribution in [0.5, 0.6) is 0 Å². The van der Waals surface area contributed by atoms with Crippen LogP contribution in [-0.4, -0.2) is 0 Å². The molecule has 0 amide bonds. The van der Waals surface area contributed by atoms with E-state index in [1.54, 1.807) is 12.1 Å². The molecule has 25 heavy (non-hydrogen) atoms. The molecule has 3 heteroatoms. The second-order valence-corrected chi connectivity index (χ2v) is 6.83. The Labute approximate surface area is 152 Å². The average Bonchev–Trinajstić information content (AvgIpc) is 2.61. The van der Waals surface area contributed by atoms with Gasteiger partial charge in [0.1, 0.15) is 11.6 Å². The van der Waals surface area contributed by atoms with Crippen LogP contribution in [0.15, 0.2) is 48.5 Å². The smallest absolute Gasteiger partial charge is 0.142 e. The van der Waals surface area contributed by atoms with Crippen LogP contribution < -0.4 is 0 Å². The molecule has 0 heterocycles. The van der Waals surface area contributed by atoms with Crippen LogP contribution in [0.4, 0.5) is 8.78 Å². The predicted molar refractivity (Wildman–Crippen MR) is 102 cm³/mol. The minimum absolute atomic E-state index is 0.0395. The fourth-order valence-corrected chi connectivity index (χ4v) is 3.26. The Kier molecular flexibility index (Phi) is 5.70. The Morgan fingerprint density at radius 1 is 0.880 bits per heavy atom. The van der Waals surface area contributed by atoms with Crippen molar-refractivity contribution in [2.75, 3.05) is 0 Å². The highest BCUT2D eigenvalue weighted by atomic mass is 35.5. The Morgan fingerprint density at radius 3 is 2.48 bits per heavy atom. The van der Waals surface area contributed by atoms with Crippen LogP contribution in [-0.2, 0) is 6.42 Å². The first-order valence-electron chi connectivity index (χ1n) is 8.76. The van der Waals surface area contributed by atoms with Gasteiger partial charge in [-0.1, -0.05) is 74.2 Å². The van der Waals surface area contributed by atoms with Crippen molar-refractivity contribution in [3.63, 3.8) is 0 Å². The van der Waals surface area contributed by atoms with E-state index in [1.807, 2.05) is 18.2 Å². The normalized spacial score (nSPS) is 11.2. The molecule has 0 atom stereocenters. The van der Waals surface area contributed by atoms with E-state index in [0.717, 1.165) is 18.2 Å². The molecule has 3 aromatic rings. The molecule has 3 aromatic carbocycles. The molecule has 0 aliphatic heterocycles. The quantitative estimate of drug-likeness (QED) is 0.399. The summed E-state index contributed by atoms with van der Waals surface area (Å²) in [6.07, 6.45) is 5.87. The van der Waals surface area contributed by atoms with E-state index in [2.05, 4.69) is 13.0 Å². The summed E-state index contributed by atoms with van der Waals surface area (Å²) in [5.74, 6) is -0.863. The van der Waals surface area contributed by atoms with Crippen LogP contribution in [0.3, 0.4) is 0 Å². The summed E-state index contributed by atoms with van der Waals surface area (Å²) in [6, 6.07) is 13.8. The highest BCUT2D eigenvalue weighted by Gasteiger charge is 2.11. The van der Waals surface area contributed by atoms with Crippen LogP contribution in [0.2, 0.25) is 5.02 Å². The molecule has 0 nitrogen and oxygen atoms in total. The van der Waals surface area contributed by atoms with E-state index < -0.39 is 5.82 Å². The van der Waals surface area contributed by atoms with Crippen molar-refractivity contribution in [2.45, 2.75) is 39.0 Å².